The molecule has 0 fully saturated rings. The van der Waals surface area contributed by atoms with Crippen molar-refractivity contribution in [1.82, 2.24) is 0 Å². The number of hydrogen-bond donors (Lipinski definition) is 0. The van der Waals surface area contributed by atoms with Crippen molar-refractivity contribution >= 4 is 33.3 Å². The van der Waals surface area contributed by atoms with Gasteiger partial charge in [0.15, 0.2) is 0 Å². The molecule has 0 aromatic heterocycles. The van der Waals surface area contributed by atoms with E-state index in [2.05, 4.69) is 61.5 Å². The number of benzene rings is 3. The van der Waals surface area contributed by atoms with Crippen molar-refractivity contribution in [1.29, 1.82) is 0 Å². The number of hydrogen-bond acceptors (Lipinski definition) is 1. The van der Waals surface area contributed by atoms with E-state index in [-0.39, 0.29) is 0 Å². The third-order valence-electron chi connectivity index (χ3n) is 5.99. The number of thioether (sulfide) groups is 1. The Kier molecular flexibility index (Phi) is 9.93. The van der Waals surface area contributed by atoms with Gasteiger partial charge in [-0.05, 0) is 39.8 Å². The van der Waals surface area contributed by atoms with Crippen LogP contribution in [0, 0.1) is 0 Å². The molecule has 0 heterocycles. The van der Waals surface area contributed by atoms with Gasteiger partial charge in [0, 0.05) is 4.90 Å². The van der Waals surface area contributed by atoms with Crippen molar-refractivity contribution in [2.45, 2.75) is 88.9 Å². The predicted molar refractivity (Wildman–Crippen MR) is 133 cm³/mol. The van der Waals surface area contributed by atoms with Crippen molar-refractivity contribution in [2.24, 2.45) is 0 Å². The van der Waals surface area contributed by atoms with Gasteiger partial charge in [-0.3, -0.25) is 0 Å². The summed E-state index contributed by atoms with van der Waals surface area (Å²) >= 11 is 2.05. The van der Waals surface area contributed by atoms with Crippen molar-refractivity contribution in [3.63, 3.8) is 0 Å². The summed E-state index contributed by atoms with van der Waals surface area (Å²) in [5.41, 5.74) is 0. The predicted octanol–water partition coefficient (Wildman–Crippen LogP) is 9.79. The fraction of sp³-hybridized carbons (Fsp3) is 0.500. The summed E-state index contributed by atoms with van der Waals surface area (Å²) in [6.07, 6.45) is 17.0. The van der Waals surface area contributed by atoms with Crippen LogP contribution in [0.2, 0.25) is 0 Å². The molecular weight excluding hydrogens is 368 g/mol. The molecule has 0 aliphatic heterocycles. The Balaban J connectivity index is 1.34. The van der Waals surface area contributed by atoms with E-state index < -0.39 is 0 Å². The summed E-state index contributed by atoms with van der Waals surface area (Å²) in [7, 11) is 0. The highest BCUT2D eigenvalue weighted by Crippen LogP contribution is 2.34. The zero-order valence-electron chi connectivity index (χ0n) is 18.3. The van der Waals surface area contributed by atoms with Crippen LogP contribution in [-0.4, -0.2) is 5.75 Å². The average molecular weight is 407 g/mol. The Bertz CT molecular complexity index is 851. The van der Waals surface area contributed by atoms with Crippen LogP contribution in [0.1, 0.15) is 84.0 Å². The lowest BCUT2D eigenvalue weighted by atomic mass is 10.0. The second-order valence-electron chi connectivity index (χ2n) is 8.38. The zero-order chi connectivity index (χ0) is 20.2. The van der Waals surface area contributed by atoms with Crippen LogP contribution in [0.4, 0.5) is 0 Å². The fourth-order valence-electron chi connectivity index (χ4n) is 4.26. The van der Waals surface area contributed by atoms with E-state index in [1.54, 1.807) is 0 Å². The highest BCUT2D eigenvalue weighted by molar-refractivity contribution is 7.99. The molecule has 3 aromatic carbocycles. The maximum Gasteiger partial charge on any atom is 0.0157 e. The van der Waals surface area contributed by atoms with E-state index >= 15 is 0 Å². The van der Waals surface area contributed by atoms with E-state index in [0.717, 1.165) is 0 Å². The summed E-state index contributed by atoms with van der Waals surface area (Å²) in [5.74, 6) is 1.24. The topological polar surface area (TPSA) is 0 Å². The Morgan fingerprint density at radius 1 is 0.552 bits per heavy atom. The Labute approximate surface area is 182 Å². The molecule has 0 bridgehead atoms. The molecule has 3 aromatic rings. The van der Waals surface area contributed by atoms with Crippen LogP contribution < -0.4 is 0 Å². The third kappa shape index (κ3) is 7.07. The molecule has 0 aliphatic carbocycles. The Morgan fingerprint density at radius 3 is 1.72 bits per heavy atom. The first kappa shape index (κ1) is 22.2. The van der Waals surface area contributed by atoms with Gasteiger partial charge >= 0.3 is 0 Å². The maximum absolute atomic E-state index is 2.39. The Morgan fingerprint density at radius 2 is 1.07 bits per heavy atom. The molecule has 0 atom stereocenters. The van der Waals surface area contributed by atoms with Gasteiger partial charge in [0.2, 0.25) is 0 Å². The third-order valence-corrected chi connectivity index (χ3v) is 7.13. The summed E-state index contributed by atoms with van der Waals surface area (Å²) in [6.45, 7) is 2.29. The molecule has 29 heavy (non-hydrogen) atoms. The standard InChI is InChI=1S/C28H38S/c1-2-3-4-5-6-7-8-9-10-11-12-17-22-29-28-23-24-18-13-14-19-25(24)26-20-15-16-21-27(26)28/h13-16,18-21,23H,2-12,17,22H2,1H3. The van der Waals surface area contributed by atoms with E-state index in [4.69, 9.17) is 0 Å². The van der Waals surface area contributed by atoms with Gasteiger partial charge in [-0.1, -0.05) is 126 Å². The highest BCUT2D eigenvalue weighted by atomic mass is 32.2. The normalized spacial score (nSPS) is 11.5. The molecule has 156 valence electrons. The first-order valence-electron chi connectivity index (χ1n) is 11.9. The van der Waals surface area contributed by atoms with Gasteiger partial charge in [0.25, 0.3) is 0 Å². The van der Waals surface area contributed by atoms with Crippen molar-refractivity contribution in [3.8, 4) is 0 Å². The fourth-order valence-corrected chi connectivity index (χ4v) is 5.38. The highest BCUT2D eigenvalue weighted by Gasteiger charge is 2.06. The van der Waals surface area contributed by atoms with Gasteiger partial charge in [-0.15, -0.1) is 11.8 Å². The van der Waals surface area contributed by atoms with Crippen molar-refractivity contribution in [3.05, 3.63) is 54.6 Å². The average Bonchev–Trinajstić information content (AvgIpc) is 2.77. The van der Waals surface area contributed by atoms with Crippen molar-refractivity contribution < 1.29 is 0 Å². The lowest BCUT2D eigenvalue weighted by Gasteiger charge is -2.10. The first-order valence-corrected chi connectivity index (χ1v) is 12.9. The Hall–Kier alpha value is -1.47. The molecule has 0 radical (unpaired) electrons. The van der Waals surface area contributed by atoms with E-state index in [0.29, 0.717) is 0 Å². The lowest BCUT2D eigenvalue weighted by Crippen LogP contribution is -1.86. The van der Waals surface area contributed by atoms with Gasteiger partial charge in [-0.2, -0.15) is 0 Å². The SMILES string of the molecule is CCCCCCCCCCCCCCSc1cc2ccccc2c2ccccc12. The monoisotopic (exact) mass is 406 g/mol. The molecule has 0 spiro atoms. The van der Waals surface area contributed by atoms with Crippen LogP contribution in [0.5, 0.6) is 0 Å². The van der Waals surface area contributed by atoms with Gasteiger partial charge in [0.1, 0.15) is 0 Å². The quantitative estimate of drug-likeness (QED) is 0.146. The minimum atomic E-state index is 1.24. The molecule has 0 N–H and O–H groups in total. The second kappa shape index (κ2) is 13.0. The molecule has 0 unspecified atom stereocenters. The maximum atomic E-state index is 2.39. The van der Waals surface area contributed by atoms with Gasteiger partial charge in [-0.25, -0.2) is 0 Å². The minimum Gasteiger partial charge on any atom is -0.125 e. The first-order chi connectivity index (χ1) is 14.4. The number of rotatable bonds is 14. The van der Waals surface area contributed by atoms with Crippen LogP contribution >= 0.6 is 11.8 Å². The molecule has 3 rings (SSSR count). The largest absolute Gasteiger partial charge is 0.125 e. The lowest BCUT2D eigenvalue weighted by molar-refractivity contribution is 0.548. The van der Waals surface area contributed by atoms with Gasteiger partial charge in [0.05, 0.1) is 0 Å². The number of fused-ring (bicyclic) bond motifs is 3. The van der Waals surface area contributed by atoms with E-state index in [1.807, 2.05) is 11.8 Å². The summed E-state index contributed by atoms with van der Waals surface area (Å²) in [6, 6.07) is 20.1. The number of unbranched alkanes of at least 4 members (excludes halogenated alkanes) is 11. The zero-order valence-corrected chi connectivity index (χ0v) is 19.1. The smallest absolute Gasteiger partial charge is 0.0157 e. The molecule has 0 saturated heterocycles. The molecule has 0 aliphatic rings. The molecule has 0 nitrogen and oxygen atoms in total. The summed E-state index contributed by atoms with van der Waals surface area (Å²) in [5, 5.41) is 5.54. The second-order valence-corrected chi connectivity index (χ2v) is 9.52. The molecular formula is C28H38S. The van der Waals surface area contributed by atoms with E-state index in [1.165, 1.54) is 109 Å². The summed E-state index contributed by atoms with van der Waals surface area (Å²) < 4.78 is 0. The van der Waals surface area contributed by atoms with Crippen LogP contribution in [-0.2, 0) is 0 Å². The van der Waals surface area contributed by atoms with Crippen LogP contribution in [0.25, 0.3) is 21.5 Å². The van der Waals surface area contributed by atoms with Crippen molar-refractivity contribution in [2.75, 3.05) is 5.75 Å². The van der Waals surface area contributed by atoms with Gasteiger partial charge < -0.3 is 0 Å². The molecule has 0 amide bonds. The molecule has 0 saturated carbocycles. The minimum absolute atomic E-state index is 1.24. The van der Waals surface area contributed by atoms with E-state index in [9.17, 15) is 0 Å². The molecule has 1 heteroatoms. The van der Waals surface area contributed by atoms with Crippen LogP contribution in [0.15, 0.2) is 59.5 Å². The van der Waals surface area contributed by atoms with Crippen LogP contribution in [0.3, 0.4) is 0 Å². The summed E-state index contributed by atoms with van der Waals surface area (Å²) in [4.78, 5) is 1.45.